The molecule has 0 amide bonds. The molecule has 1 heterocycles. The molecule has 0 radical (unpaired) electrons. The van der Waals surface area contributed by atoms with Gasteiger partial charge in [-0.2, -0.15) is 0 Å². The lowest BCUT2D eigenvalue weighted by Gasteiger charge is -2.14. The van der Waals surface area contributed by atoms with E-state index in [2.05, 4.69) is 4.98 Å². The van der Waals surface area contributed by atoms with Crippen molar-refractivity contribution in [1.82, 2.24) is 4.98 Å². The van der Waals surface area contributed by atoms with Crippen LogP contribution in [0.2, 0.25) is 0 Å². The van der Waals surface area contributed by atoms with Crippen molar-refractivity contribution >= 4 is 0 Å². The predicted molar refractivity (Wildman–Crippen MR) is 72.6 cm³/mol. The summed E-state index contributed by atoms with van der Waals surface area (Å²) in [5, 5.41) is 10.3. The Morgan fingerprint density at radius 2 is 1.79 bits per heavy atom. The van der Waals surface area contributed by atoms with E-state index in [9.17, 15) is 5.11 Å². The van der Waals surface area contributed by atoms with Gasteiger partial charge >= 0.3 is 0 Å². The molecule has 0 aliphatic carbocycles. The van der Waals surface area contributed by atoms with Crippen molar-refractivity contribution in [1.29, 1.82) is 0 Å². The van der Waals surface area contributed by atoms with E-state index in [-0.39, 0.29) is 0 Å². The average molecular weight is 259 g/mol. The Labute approximate surface area is 112 Å². The zero-order chi connectivity index (χ0) is 13.8. The third-order valence-corrected chi connectivity index (χ3v) is 2.94. The molecular formula is C15H17NO3. The summed E-state index contributed by atoms with van der Waals surface area (Å²) in [6.45, 7) is 1.96. The van der Waals surface area contributed by atoms with Crippen molar-refractivity contribution in [2.24, 2.45) is 0 Å². The van der Waals surface area contributed by atoms with Gasteiger partial charge in [-0.05, 0) is 42.3 Å². The van der Waals surface area contributed by atoms with Crippen LogP contribution in [0.15, 0.2) is 36.5 Å². The second-order valence-electron chi connectivity index (χ2n) is 4.28. The van der Waals surface area contributed by atoms with Crippen LogP contribution in [0.1, 0.15) is 22.9 Å². The van der Waals surface area contributed by atoms with Crippen molar-refractivity contribution < 1.29 is 14.6 Å². The van der Waals surface area contributed by atoms with Crippen molar-refractivity contribution in [3.63, 3.8) is 0 Å². The smallest absolute Gasteiger partial charge is 0.161 e. The number of nitrogens with zero attached hydrogens (tertiary/aromatic N) is 1. The highest BCUT2D eigenvalue weighted by atomic mass is 16.5. The molecule has 1 aromatic carbocycles. The van der Waals surface area contributed by atoms with Crippen LogP contribution < -0.4 is 9.47 Å². The quantitative estimate of drug-likeness (QED) is 0.916. The number of pyridine rings is 1. The van der Waals surface area contributed by atoms with Crippen LogP contribution in [0.3, 0.4) is 0 Å². The number of aryl methyl sites for hydroxylation is 1. The molecule has 1 atom stereocenters. The summed E-state index contributed by atoms with van der Waals surface area (Å²) >= 11 is 0. The molecule has 19 heavy (non-hydrogen) atoms. The van der Waals surface area contributed by atoms with Gasteiger partial charge in [-0.1, -0.05) is 6.07 Å². The molecule has 2 aromatic rings. The fourth-order valence-corrected chi connectivity index (χ4v) is 1.90. The second kappa shape index (κ2) is 5.71. The van der Waals surface area contributed by atoms with Gasteiger partial charge in [-0.25, -0.2) is 0 Å². The zero-order valence-electron chi connectivity index (χ0n) is 11.3. The maximum Gasteiger partial charge on any atom is 0.161 e. The van der Waals surface area contributed by atoms with Crippen LogP contribution >= 0.6 is 0 Å². The highest BCUT2D eigenvalue weighted by Crippen LogP contribution is 2.31. The molecular weight excluding hydrogens is 242 g/mol. The summed E-state index contributed by atoms with van der Waals surface area (Å²) in [6, 6.07) is 9.09. The average Bonchev–Trinajstić information content (AvgIpc) is 2.45. The summed E-state index contributed by atoms with van der Waals surface area (Å²) in [6.07, 6.45) is 0.911. The van der Waals surface area contributed by atoms with Crippen LogP contribution in [0.4, 0.5) is 0 Å². The number of benzene rings is 1. The fraction of sp³-hybridized carbons (Fsp3) is 0.267. The molecule has 4 heteroatoms. The van der Waals surface area contributed by atoms with Gasteiger partial charge in [0, 0.05) is 6.20 Å². The molecule has 0 saturated heterocycles. The topological polar surface area (TPSA) is 51.6 Å². The van der Waals surface area contributed by atoms with E-state index in [1.165, 1.54) is 0 Å². The Morgan fingerprint density at radius 1 is 1.05 bits per heavy atom. The van der Waals surface area contributed by atoms with E-state index >= 15 is 0 Å². The standard InChI is InChI=1S/C15H17NO3/c1-10-6-7-16-12(8-10)15(17)11-4-5-13(18-2)14(9-11)19-3/h4-9,15,17H,1-3H3. The second-order valence-corrected chi connectivity index (χ2v) is 4.28. The molecule has 1 aromatic heterocycles. The summed E-state index contributed by atoms with van der Waals surface area (Å²) in [5.74, 6) is 1.22. The molecule has 1 N–H and O–H groups in total. The molecule has 0 aliphatic heterocycles. The van der Waals surface area contributed by atoms with E-state index in [1.807, 2.05) is 19.1 Å². The van der Waals surface area contributed by atoms with E-state index in [4.69, 9.17) is 9.47 Å². The summed E-state index contributed by atoms with van der Waals surface area (Å²) in [7, 11) is 3.15. The molecule has 100 valence electrons. The molecule has 0 bridgehead atoms. The third kappa shape index (κ3) is 2.85. The largest absolute Gasteiger partial charge is 0.493 e. The SMILES string of the molecule is COc1ccc(C(O)c2cc(C)ccn2)cc1OC. The van der Waals surface area contributed by atoms with Gasteiger partial charge < -0.3 is 14.6 Å². The molecule has 0 saturated carbocycles. The van der Waals surface area contributed by atoms with Gasteiger partial charge in [0.25, 0.3) is 0 Å². The van der Waals surface area contributed by atoms with Crippen LogP contribution in [0.5, 0.6) is 11.5 Å². The van der Waals surface area contributed by atoms with Crippen molar-refractivity contribution in [3.8, 4) is 11.5 Å². The van der Waals surface area contributed by atoms with Crippen molar-refractivity contribution in [2.75, 3.05) is 14.2 Å². The Hall–Kier alpha value is -2.07. The van der Waals surface area contributed by atoms with E-state index in [0.717, 1.165) is 11.1 Å². The van der Waals surface area contributed by atoms with Gasteiger partial charge in [-0.3, -0.25) is 4.98 Å². The van der Waals surface area contributed by atoms with Crippen molar-refractivity contribution in [3.05, 3.63) is 53.3 Å². The maximum absolute atomic E-state index is 10.3. The molecule has 2 rings (SSSR count). The molecule has 0 spiro atoms. The zero-order valence-corrected chi connectivity index (χ0v) is 11.3. The van der Waals surface area contributed by atoms with Crippen LogP contribution in [-0.2, 0) is 0 Å². The minimum Gasteiger partial charge on any atom is -0.493 e. The van der Waals surface area contributed by atoms with Gasteiger partial charge in [0.05, 0.1) is 19.9 Å². The summed E-state index contributed by atoms with van der Waals surface area (Å²) in [4.78, 5) is 4.19. The number of aliphatic hydroxyl groups is 1. The monoisotopic (exact) mass is 259 g/mol. The van der Waals surface area contributed by atoms with Crippen molar-refractivity contribution in [2.45, 2.75) is 13.0 Å². The van der Waals surface area contributed by atoms with Gasteiger partial charge in [-0.15, -0.1) is 0 Å². The van der Waals surface area contributed by atoms with Crippen LogP contribution in [0, 0.1) is 6.92 Å². The van der Waals surface area contributed by atoms with E-state index in [1.54, 1.807) is 38.6 Å². The fourth-order valence-electron chi connectivity index (χ4n) is 1.90. The highest BCUT2D eigenvalue weighted by molar-refractivity contribution is 5.44. The highest BCUT2D eigenvalue weighted by Gasteiger charge is 2.14. The van der Waals surface area contributed by atoms with Crippen LogP contribution in [0.25, 0.3) is 0 Å². The summed E-state index contributed by atoms with van der Waals surface area (Å²) < 4.78 is 10.4. The first-order chi connectivity index (χ1) is 9.15. The normalized spacial score (nSPS) is 12.0. The first-order valence-corrected chi connectivity index (χ1v) is 5.98. The number of rotatable bonds is 4. The number of ether oxygens (including phenoxy) is 2. The molecule has 0 aliphatic rings. The Balaban J connectivity index is 2.36. The van der Waals surface area contributed by atoms with Gasteiger partial charge in [0.1, 0.15) is 6.10 Å². The lowest BCUT2D eigenvalue weighted by atomic mass is 10.0. The number of hydrogen-bond donors (Lipinski definition) is 1. The summed E-state index contributed by atoms with van der Waals surface area (Å²) in [5.41, 5.74) is 2.40. The number of hydrogen-bond acceptors (Lipinski definition) is 4. The third-order valence-electron chi connectivity index (χ3n) is 2.94. The Kier molecular flexibility index (Phi) is 4.02. The first kappa shape index (κ1) is 13.4. The molecule has 1 unspecified atom stereocenters. The molecule has 0 fully saturated rings. The minimum absolute atomic E-state index is 0.590. The Bertz CT molecular complexity index is 569. The Morgan fingerprint density at radius 3 is 2.42 bits per heavy atom. The minimum atomic E-state index is -0.778. The maximum atomic E-state index is 10.3. The van der Waals surface area contributed by atoms with Crippen LogP contribution in [-0.4, -0.2) is 24.3 Å². The predicted octanol–water partition coefficient (Wildman–Crippen LogP) is 2.49. The number of aliphatic hydroxyl groups excluding tert-OH is 1. The molecule has 4 nitrogen and oxygen atoms in total. The number of aromatic nitrogens is 1. The van der Waals surface area contributed by atoms with Gasteiger partial charge in [0.2, 0.25) is 0 Å². The lowest BCUT2D eigenvalue weighted by molar-refractivity contribution is 0.214. The van der Waals surface area contributed by atoms with E-state index in [0.29, 0.717) is 17.2 Å². The first-order valence-electron chi connectivity index (χ1n) is 5.98. The van der Waals surface area contributed by atoms with E-state index < -0.39 is 6.10 Å². The lowest BCUT2D eigenvalue weighted by Crippen LogP contribution is -2.03. The number of methoxy groups -OCH3 is 2. The van der Waals surface area contributed by atoms with Gasteiger partial charge in [0.15, 0.2) is 11.5 Å².